The van der Waals surface area contributed by atoms with Crippen LogP contribution in [0.4, 0.5) is 14.9 Å². The highest BCUT2D eigenvalue weighted by molar-refractivity contribution is 6.17. The summed E-state index contributed by atoms with van der Waals surface area (Å²) in [6.07, 6.45) is 1.08. The molecule has 3 amide bonds. The number of ether oxygens (including phenoxy) is 1. The van der Waals surface area contributed by atoms with Gasteiger partial charge in [-0.15, -0.1) is 0 Å². The Labute approximate surface area is 133 Å². The largest absolute Gasteiger partial charge is 0.378 e. The number of hydrogen-bond donors (Lipinski definition) is 1. The molecule has 1 spiro atoms. The molecule has 122 valence electrons. The number of likely N-dealkylation sites (tertiary alicyclic amines) is 1. The van der Waals surface area contributed by atoms with E-state index in [1.165, 1.54) is 17.0 Å². The highest BCUT2D eigenvalue weighted by Crippen LogP contribution is 2.38. The summed E-state index contributed by atoms with van der Waals surface area (Å²) in [4.78, 5) is 28.5. The molecule has 3 heterocycles. The van der Waals surface area contributed by atoms with E-state index < -0.39 is 17.4 Å². The lowest BCUT2D eigenvalue weighted by atomic mass is 9.85. The molecule has 0 unspecified atom stereocenters. The molecule has 1 aromatic carbocycles. The summed E-state index contributed by atoms with van der Waals surface area (Å²) >= 11 is 0. The van der Waals surface area contributed by atoms with Crippen LogP contribution in [0.3, 0.4) is 0 Å². The molecular formula is C16H18FN3O3. The normalized spacial score (nSPS) is 24.8. The molecule has 0 aliphatic carbocycles. The third kappa shape index (κ3) is 2.22. The third-order valence-corrected chi connectivity index (χ3v) is 5.10. The first-order chi connectivity index (χ1) is 11.1. The quantitative estimate of drug-likeness (QED) is 0.830. The smallest absolute Gasteiger partial charge is 0.329 e. The lowest BCUT2D eigenvalue weighted by Gasteiger charge is -2.46. The number of halogens is 1. The lowest BCUT2D eigenvalue weighted by Crippen LogP contribution is -2.60. The number of rotatable bonds is 2. The Kier molecular flexibility index (Phi) is 3.35. The minimum atomic E-state index is -0.911. The molecule has 0 aromatic heterocycles. The van der Waals surface area contributed by atoms with Gasteiger partial charge in [-0.2, -0.15) is 0 Å². The molecular weight excluding hydrogens is 301 g/mol. The van der Waals surface area contributed by atoms with Gasteiger partial charge in [0.05, 0.1) is 19.3 Å². The Morgan fingerprint density at radius 2 is 1.96 bits per heavy atom. The number of piperidine rings is 1. The minimum Gasteiger partial charge on any atom is -0.378 e. The van der Waals surface area contributed by atoms with E-state index in [9.17, 15) is 14.0 Å². The first-order valence-corrected chi connectivity index (χ1v) is 7.83. The fourth-order valence-corrected chi connectivity index (χ4v) is 3.69. The minimum absolute atomic E-state index is 0.281. The second-order valence-corrected chi connectivity index (χ2v) is 6.33. The van der Waals surface area contributed by atoms with E-state index in [0.717, 1.165) is 26.3 Å². The van der Waals surface area contributed by atoms with E-state index >= 15 is 0 Å². The van der Waals surface area contributed by atoms with Gasteiger partial charge < -0.3 is 4.74 Å². The lowest BCUT2D eigenvalue weighted by molar-refractivity contribution is -0.126. The van der Waals surface area contributed by atoms with Crippen molar-refractivity contribution in [2.45, 2.75) is 24.4 Å². The van der Waals surface area contributed by atoms with E-state index in [1.807, 2.05) is 0 Å². The van der Waals surface area contributed by atoms with Crippen LogP contribution in [0.1, 0.15) is 12.8 Å². The van der Waals surface area contributed by atoms with Crippen LogP contribution in [-0.4, -0.2) is 54.7 Å². The zero-order valence-corrected chi connectivity index (χ0v) is 12.6. The summed E-state index contributed by atoms with van der Waals surface area (Å²) in [7, 11) is 0. The van der Waals surface area contributed by atoms with Gasteiger partial charge in [-0.1, -0.05) is 6.07 Å². The number of imide groups is 1. The van der Waals surface area contributed by atoms with Crippen LogP contribution in [0.15, 0.2) is 24.3 Å². The van der Waals surface area contributed by atoms with Crippen LogP contribution in [0.5, 0.6) is 0 Å². The molecule has 23 heavy (non-hydrogen) atoms. The number of carbonyl (C=O) groups excluding carboxylic acids is 2. The van der Waals surface area contributed by atoms with Gasteiger partial charge in [0.2, 0.25) is 0 Å². The summed E-state index contributed by atoms with van der Waals surface area (Å²) in [6, 6.07) is 5.78. The molecule has 6 nitrogen and oxygen atoms in total. The second kappa shape index (κ2) is 5.28. The van der Waals surface area contributed by atoms with E-state index in [-0.39, 0.29) is 5.91 Å². The van der Waals surface area contributed by atoms with Crippen molar-refractivity contribution in [1.29, 1.82) is 0 Å². The number of anilines is 1. The molecule has 7 heteroatoms. The number of carbonyl (C=O) groups is 2. The fraction of sp³-hybridized carbons (Fsp3) is 0.500. The van der Waals surface area contributed by atoms with Gasteiger partial charge in [0.25, 0.3) is 5.91 Å². The molecule has 0 atom stereocenters. The van der Waals surface area contributed by atoms with E-state index in [2.05, 4.69) is 10.2 Å². The summed E-state index contributed by atoms with van der Waals surface area (Å²) < 4.78 is 18.8. The van der Waals surface area contributed by atoms with Crippen molar-refractivity contribution >= 4 is 17.6 Å². The van der Waals surface area contributed by atoms with Crippen molar-refractivity contribution < 1.29 is 18.7 Å². The summed E-state index contributed by atoms with van der Waals surface area (Å²) in [5.41, 5.74) is -0.486. The Morgan fingerprint density at radius 3 is 2.57 bits per heavy atom. The average molecular weight is 319 g/mol. The van der Waals surface area contributed by atoms with Crippen LogP contribution < -0.4 is 10.2 Å². The predicted molar refractivity (Wildman–Crippen MR) is 80.6 cm³/mol. The highest BCUT2D eigenvalue weighted by Gasteiger charge is 2.55. The predicted octanol–water partition coefficient (Wildman–Crippen LogP) is 1.12. The third-order valence-electron chi connectivity index (χ3n) is 5.10. The standard InChI is InChI=1S/C16H18FN3O3/c17-11-2-1-3-12(8-11)20-15(22)18-14(21)16(20)4-6-19(7-5-16)13-9-23-10-13/h1-3,8,13H,4-7,9-10H2,(H,18,21,22). The molecule has 0 bridgehead atoms. The van der Waals surface area contributed by atoms with Crippen molar-refractivity contribution in [3.8, 4) is 0 Å². The molecule has 1 N–H and O–H groups in total. The Balaban J connectivity index is 1.62. The van der Waals surface area contributed by atoms with Crippen LogP contribution >= 0.6 is 0 Å². The molecule has 3 aliphatic heterocycles. The van der Waals surface area contributed by atoms with E-state index in [1.54, 1.807) is 12.1 Å². The van der Waals surface area contributed by atoms with Crippen molar-refractivity contribution in [1.82, 2.24) is 10.2 Å². The molecule has 1 aromatic rings. The molecule has 4 rings (SSSR count). The zero-order chi connectivity index (χ0) is 16.0. The number of amides is 3. The average Bonchev–Trinajstić information content (AvgIpc) is 2.70. The number of hydrogen-bond acceptors (Lipinski definition) is 4. The maximum Gasteiger partial charge on any atom is 0.329 e. The maximum atomic E-state index is 13.6. The van der Waals surface area contributed by atoms with Gasteiger partial charge in [-0.25, -0.2) is 9.18 Å². The highest BCUT2D eigenvalue weighted by atomic mass is 19.1. The number of nitrogens with zero attached hydrogens (tertiary/aromatic N) is 2. The van der Waals surface area contributed by atoms with E-state index in [0.29, 0.717) is 24.6 Å². The number of nitrogens with one attached hydrogen (secondary N) is 1. The first kappa shape index (κ1) is 14.6. The summed E-state index contributed by atoms with van der Waals surface area (Å²) in [5.74, 6) is -0.704. The molecule has 0 saturated carbocycles. The summed E-state index contributed by atoms with van der Waals surface area (Å²) in [6.45, 7) is 2.90. The zero-order valence-electron chi connectivity index (χ0n) is 12.6. The van der Waals surface area contributed by atoms with E-state index in [4.69, 9.17) is 4.74 Å². The van der Waals surface area contributed by atoms with Gasteiger partial charge in [-0.3, -0.25) is 19.9 Å². The van der Waals surface area contributed by atoms with Gasteiger partial charge in [0, 0.05) is 18.8 Å². The van der Waals surface area contributed by atoms with Crippen molar-refractivity contribution in [2.75, 3.05) is 31.2 Å². The molecule has 3 saturated heterocycles. The van der Waals surface area contributed by atoms with Crippen LogP contribution in [0, 0.1) is 5.82 Å². The van der Waals surface area contributed by atoms with Crippen molar-refractivity contribution in [2.24, 2.45) is 0 Å². The molecule has 3 aliphatic rings. The van der Waals surface area contributed by atoms with Gasteiger partial charge in [-0.05, 0) is 31.0 Å². The maximum absolute atomic E-state index is 13.6. The summed E-state index contributed by atoms with van der Waals surface area (Å²) in [5, 5.41) is 2.40. The Bertz CT molecular complexity index is 654. The Hall–Kier alpha value is -1.99. The topological polar surface area (TPSA) is 61.9 Å². The van der Waals surface area contributed by atoms with Crippen LogP contribution in [-0.2, 0) is 9.53 Å². The van der Waals surface area contributed by atoms with Crippen molar-refractivity contribution in [3.63, 3.8) is 0 Å². The van der Waals surface area contributed by atoms with Crippen LogP contribution in [0.2, 0.25) is 0 Å². The first-order valence-electron chi connectivity index (χ1n) is 7.83. The van der Waals surface area contributed by atoms with Crippen LogP contribution in [0.25, 0.3) is 0 Å². The monoisotopic (exact) mass is 319 g/mol. The molecule has 0 radical (unpaired) electrons. The Morgan fingerprint density at radius 1 is 1.22 bits per heavy atom. The van der Waals surface area contributed by atoms with Crippen molar-refractivity contribution in [3.05, 3.63) is 30.1 Å². The van der Waals surface area contributed by atoms with Gasteiger partial charge in [0.1, 0.15) is 11.4 Å². The number of urea groups is 1. The molecule has 3 fully saturated rings. The van der Waals surface area contributed by atoms with Gasteiger partial charge >= 0.3 is 6.03 Å². The SMILES string of the molecule is O=C1NC(=O)C2(CCN(C3COC3)CC2)N1c1cccc(F)c1. The second-order valence-electron chi connectivity index (χ2n) is 6.33. The number of benzene rings is 1. The fourth-order valence-electron chi connectivity index (χ4n) is 3.69. The van der Waals surface area contributed by atoms with Gasteiger partial charge in [0.15, 0.2) is 0 Å².